The lowest BCUT2D eigenvalue weighted by Gasteiger charge is -2.12. The van der Waals surface area contributed by atoms with Crippen LogP contribution in [0, 0.1) is 5.92 Å². The number of pyridine rings is 1. The molecule has 2 N–H and O–H groups in total. The Bertz CT molecular complexity index is 639. The zero-order chi connectivity index (χ0) is 18.4. The highest BCUT2D eigenvalue weighted by Gasteiger charge is 2.36. The van der Waals surface area contributed by atoms with Crippen LogP contribution < -0.4 is 10.6 Å². The average Bonchev–Trinajstić information content (AvgIpc) is 2.87. The van der Waals surface area contributed by atoms with Crippen molar-refractivity contribution in [2.75, 3.05) is 11.9 Å². The lowest BCUT2D eigenvalue weighted by molar-refractivity contribution is -0.147. The third-order valence-corrected chi connectivity index (χ3v) is 3.86. The molecule has 136 valence electrons. The predicted molar refractivity (Wildman–Crippen MR) is 97.3 cm³/mol. The zero-order valence-corrected chi connectivity index (χ0v) is 15.5. The van der Waals surface area contributed by atoms with Crippen LogP contribution in [0.1, 0.15) is 26.7 Å². The van der Waals surface area contributed by atoms with Crippen LogP contribution in [-0.2, 0) is 19.1 Å². The maximum Gasteiger partial charge on any atom is 0.309 e. The number of thiocarbonyl (C=S) groups is 1. The van der Waals surface area contributed by atoms with E-state index in [1.54, 1.807) is 12.1 Å². The maximum atomic E-state index is 12.1. The summed E-state index contributed by atoms with van der Waals surface area (Å²) in [5.41, 5.74) is 0. The van der Waals surface area contributed by atoms with Crippen LogP contribution >= 0.6 is 23.8 Å². The molecule has 0 radical (unpaired) electrons. The van der Waals surface area contributed by atoms with Gasteiger partial charge < -0.3 is 20.1 Å². The molecule has 2 rings (SSSR count). The van der Waals surface area contributed by atoms with E-state index in [9.17, 15) is 9.59 Å². The van der Waals surface area contributed by atoms with E-state index in [4.69, 9.17) is 33.3 Å². The van der Waals surface area contributed by atoms with E-state index in [2.05, 4.69) is 15.6 Å². The number of cyclic esters (lactones) is 1. The highest BCUT2D eigenvalue weighted by Crippen LogP contribution is 2.24. The van der Waals surface area contributed by atoms with Crippen LogP contribution in [0.3, 0.4) is 0 Å². The lowest BCUT2D eigenvalue weighted by Crippen LogP contribution is -2.35. The number of rotatable bonds is 6. The Morgan fingerprint density at radius 2 is 2.28 bits per heavy atom. The van der Waals surface area contributed by atoms with Crippen LogP contribution in [0.15, 0.2) is 18.3 Å². The fourth-order valence-corrected chi connectivity index (χ4v) is 2.62. The van der Waals surface area contributed by atoms with E-state index < -0.39 is 5.92 Å². The second kappa shape index (κ2) is 9.07. The van der Waals surface area contributed by atoms with Crippen molar-refractivity contribution >= 4 is 46.6 Å². The molecule has 1 fully saturated rings. The van der Waals surface area contributed by atoms with Crippen LogP contribution in [0.4, 0.5) is 5.82 Å². The van der Waals surface area contributed by atoms with Gasteiger partial charge in [-0.05, 0) is 38.2 Å². The summed E-state index contributed by atoms with van der Waals surface area (Å²) in [4.78, 5) is 27.9. The Morgan fingerprint density at radius 3 is 2.92 bits per heavy atom. The van der Waals surface area contributed by atoms with Crippen molar-refractivity contribution < 1.29 is 19.1 Å². The second-order valence-electron chi connectivity index (χ2n) is 5.94. The minimum Gasteiger partial charge on any atom is -0.460 e. The molecule has 25 heavy (non-hydrogen) atoms. The molecule has 0 unspecified atom stereocenters. The molecule has 1 saturated heterocycles. The Labute approximate surface area is 156 Å². The molecular formula is C16H20ClN3O4S. The van der Waals surface area contributed by atoms with Crippen LogP contribution in [0.2, 0.25) is 5.02 Å². The molecule has 0 saturated carbocycles. The van der Waals surface area contributed by atoms with Crippen LogP contribution in [0.25, 0.3) is 0 Å². The predicted octanol–water partition coefficient (Wildman–Crippen LogP) is 2.29. The third kappa shape index (κ3) is 6.56. The number of amides is 1. The van der Waals surface area contributed by atoms with Gasteiger partial charge in [-0.15, -0.1) is 0 Å². The number of nitrogens with one attached hydrogen (secondary N) is 2. The summed E-state index contributed by atoms with van der Waals surface area (Å²) in [5, 5.41) is 5.90. The minimum absolute atomic E-state index is 0.00682. The molecule has 0 aliphatic carbocycles. The fourth-order valence-electron chi connectivity index (χ4n) is 2.29. The van der Waals surface area contributed by atoms with E-state index in [0.717, 1.165) is 0 Å². The molecule has 7 nitrogen and oxygen atoms in total. The number of halogens is 1. The minimum atomic E-state index is -0.489. The number of aromatic nitrogens is 1. The number of anilines is 1. The first kappa shape index (κ1) is 19.6. The molecule has 1 amide bonds. The van der Waals surface area contributed by atoms with Gasteiger partial charge in [0.15, 0.2) is 5.11 Å². The van der Waals surface area contributed by atoms with Gasteiger partial charge in [-0.25, -0.2) is 4.98 Å². The largest absolute Gasteiger partial charge is 0.460 e. The van der Waals surface area contributed by atoms with Gasteiger partial charge in [-0.1, -0.05) is 11.6 Å². The summed E-state index contributed by atoms with van der Waals surface area (Å²) in [6.45, 7) is 4.15. The Morgan fingerprint density at radius 1 is 1.52 bits per heavy atom. The van der Waals surface area contributed by atoms with Gasteiger partial charge in [0.25, 0.3) is 0 Å². The summed E-state index contributed by atoms with van der Waals surface area (Å²) in [6, 6.07) is 3.28. The summed E-state index contributed by atoms with van der Waals surface area (Å²) in [6.07, 6.45) is 1.68. The smallest absolute Gasteiger partial charge is 0.309 e. The number of carbonyl (C=O) groups is 2. The summed E-state index contributed by atoms with van der Waals surface area (Å²) < 4.78 is 10.7. The monoisotopic (exact) mass is 385 g/mol. The van der Waals surface area contributed by atoms with E-state index >= 15 is 0 Å². The maximum absolute atomic E-state index is 12.1. The zero-order valence-electron chi connectivity index (χ0n) is 14.0. The van der Waals surface area contributed by atoms with Gasteiger partial charge in [0, 0.05) is 19.0 Å². The molecule has 9 heteroatoms. The van der Waals surface area contributed by atoms with Crippen molar-refractivity contribution in [1.29, 1.82) is 0 Å². The molecule has 2 heterocycles. The lowest BCUT2D eigenvalue weighted by atomic mass is 10.0. The van der Waals surface area contributed by atoms with Gasteiger partial charge in [0.2, 0.25) is 5.91 Å². The molecule has 0 aromatic carbocycles. The topological polar surface area (TPSA) is 89.5 Å². The highest BCUT2D eigenvalue weighted by atomic mass is 35.5. The van der Waals surface area contributed by atoms with Gasteiger partial charge in [-0.3, -0.25) is 9.59 Å². The van der Waals surface area contributed by atoms with Crippen molar-refractivity contribution in [2.45, 2.75) is 38.9 Å². The summed E-state index contributed by atoms with van der Waals surface area (Å²) >= 11 is 10.8. The van der Waals surface area contributed by atoms with E-state index in [0.29, 0.717) is 23.9 Å². The van der Waals surface area contributed by atoms with Gasteiger partial charge >= 0.3 is 5.97 Å². The van der Waals surface area contributed by atoms with Crippen molar-refractivity contribution in [3.8, 4) is 0 Å². The van der Waals surface area contributed by atoms with Crippen LogP contribution in [0.5, 0.6) is 0 Å². The second-order valence-corrected chi connectivity index (χ2v) is 6.79. The number of hydrogen-bond acceptors (Lipinski definition) is 6. The number of hydrogen-bond donors (Lipinski definition) is 2. The SMILES string of the molecule is CC(C)OC[C@@H]1C[C@@H](CC(=O)NC(=S)Nc2ccc(Cl)cn2)C(=O)O1. The van der Waals surface area contributed by atoms with Gasteiger partial charge in [-0.2, -0.15) is 0 Å². The number of carbonyl (C=O) groups excluding carboxylic acids is 2. The molecule has 2 atom stereocenters. The Hall–Kier alpha value is -1.77. The molecule has 0 bridgehead atoms. The number of esters is 1. The van der Waals surface area contributed by atoms with E-state index in [1.807, 2.05) is 13.8 Å². The molecule has 1 aliphatic rings. The Balaban J connectivity index is 1.76. The van der Waals surface area contributed by atoms with Crippen molar-refractivity contribution in [3.63, 3.8) is 0 Å². The van der Waals surface area contributed by atoms with E-state index in [-0.39, 0.29) is 35.6 Å². The third-order valence-electron chi connectivity index (χ3n) is 3.43. The first-order valence-electron chi connectivity index (χ1n) is 7.88. The van der Waals surface area contributed by atoms with Crippen molar-refractivity contribution in [3.05, 3.63) is 23.4 Å². The Kier molecular flexibility index (Phi) is 7.10. The molecule has 1 aliphatic heterocycles. The first-order chi connectivity index (χ1) is 11.8. The highest BCUT2D eigenvalue weighted by molar-refractivity contribution is 7.80. The van der Waals surface area contributed by atoms with E-state index in [1.165, 1.54) is 6.20 Å². The number of ether oxygens (including phenoxy) is 2. The fraction of sp³-hybridized carbons (Fsp3) is 0.500. The molecular weight excluding hydrogens is 366 g/mol. The van der Waals surface area contributed by atoms with Crippen molar-refractivity contribution in [1.82, 2.24) is 10.3 Å². The average molecular weight is 386 g/mol. The summed E-state index contributed by atoms with van der Waals surface area (Å²) in [7, 11) is 0. The first-order valence-corrected chi connectivity index (χ1v) is 8.66. The summed E-state index contributed by atoms with van der Waals surface area (Å²) in [5.74, 6) is -0.775. The normalized spacial score (nSPS) is 19.6. The van der Waals surface area contributed by atoms with Crippen molar-refractivity contribution in [2.24, 2.45) is 5.92 Å². The molecule has 0 spiro atoms. The number of nitrogens with zero attached hydrogens (tertiary/aromatic N) is 1. The van der Waals surface area contributed by atoms with Crippen LogP contribution in [-0.4, -0.2) is 40.8 Å². The standard InChI is InChI=1S/C16H20ClN3O4S/c1-9(2)23-8-12-5-10(15(22)24-12)6-14(21)20-16(25)19-13-4-3-11(17)7-18-13/h3-4,7,9-10,12H,5-6,8H2,1-2H3,(H2,18,19,20,21,25)/t10-,12-/m0/s1. The quantitative estimate of drug-likeness (QED) is 0.573. The van der Waals surface area contributed by atoms with Gasteiger partial charge in [0.05, 0.1) is 23.7 Å². The van der Waals surface area contributed by atoms with Gasteiger partial charge in [0.1, 0.15) is 11.9 Å². The molecule has 1 aromatic rings. The molecule has 1 aromatic heterocycles.